The average Bonchev–Trinajstić information content (AvgIpc) is 3.34. The van der Waals surface area contributed by atoms with E-state index in [1.807, 2.05) is 12.1 Å². The van der Waals surface area contributed by atoms with Crippen LogP contribution in [0.15, 0.2) is 35.4 Å². The SMILES string of the molecule is COc1ccc(C[C@@H](O)Cn2c(N)nc3c(ncn3[C@@H]3C[C@H](O)[C@H](CO)O3)c2=O)cc1. The molecule has 4 atom stereocenters. The Morgan fingerprint density at radius 1 is 1.35 bits per heavy atom. The molecule has 0 saturated carbocycles. The molecule has 0 spiro atoms. The van der Waals surface area contributed by atoms with Gasteiger partial charge in [-0.2, -0.15) is 4.98 Å². The van der Waals surface area contributed by atoms with Gasteiger partial charge in [0.2, 0.25) is 5.95 Å². The number of hydrogen-bond acceptors (Lipinski definition) is 9. The normalized spacial score (nSPS) is 22.1. The molecular weight excluding hydrogens is 406 g/mol. The topological polar surface area (TPSA) is 158 Å². The number of hydrogen-bond donors (Lipinski definition) is 4. The largest absolute Gasteiger partial charge is 0.497 e. The number of anilines is 1. The van der Waals surface area contributed by atoms with Gasteiger partial charge < -0.3 is 30.5 Å². The lowest BCUT2D eigenvalue weighted by Gasteiger charge is -2.16. The first-order valence-electron chi connectivity index (χ1n) is 9.89. The first-order valence-corrected chi connectivity index (χ1v) is 9.89. The average molecular weight is 431 g/mol. The summed E-state index contributed by atoms with van der Waals surface area (Å²) in [5.41, 5.74) is 6.73. The number of aliphatic hydroxyl groups is 3. The van der Waals surface area contributed by atoms with Crippen LogP contribution in [0.2, 0.25) is 0 Å². The summed E-state index contributed by atoms with van der Waals surface area (Å²) in [6.07, 6.45) is -1.10. The molecule has 1 fully saturated rings. The summed E-state index contributed by atoms with van der Waals surface area (Å²) >= 11 is 0. The number of benzene rings is 1. The second-order valence-corrected chi connectivity index (χ2v) is 7.53. The number of rotatable bonds is 7. The summed E-state index contributed by atoms with van der Waals surface area (Å²) in [5, 5.41) is 29.7. The zero-order valence-electron chi connectivity index (χ0n) is 17.0. The third-order valence-corrected chi connectivity index (χ3v) is 5.43. The minimum Gasteiger partial charge on any atom is -0.497 e. The number of aliphatic hydroxyl groups excluding tert-OH is 3. The van der Waals surface area contributed by atoms with Crippen LogP contribution >= 0.6 is 0 Å². The number of fused-ring (bicyclic) bond motifs is 1. The van der Waals surface area contributed by atoms with E-state index in [1.165, 1.54) is 15.5 Å². The summed E-state index contributed by atoms with van der Waals surface area (Å²) in [6.45, 7) is -0.365. The van der Waals surface area contributed by atoms with Crippen molar-refractivity contribution in [1.29, 1.82) is 0 Å². The maximum absolute atomic E-state index is 12.9. The fourth-order valence-corrected chi connectivity index (χ4v) is 3.76. The van der Waals surface area contributed by atoms with E-state index in [-0.39, 0.29) is 36.7 Å². The van der Waals surface area contributed by atoms with E-state index < -0.39 is 30.1 Å². The Hall–Kier alpha value is -2.99. The van der Waals surface area contributed by atoms with Gasteiger partial charge in [0.15, 0.2) is 11.2 Å². The van der Waals surface area contributed by atoms with Crippen LogP contribution in [0.3, 0.4) is 0 Å². The Kier molecular flexibility index (Phi) is 5.92. The quantitative estimate of drug-likeness (QED) is 0.384. The number of aromatic nitrogens is 4. The van der Waals surface area contributed by atoms with Crippen LogP contribution < -0.4 is 16.0 Å². The number of imidazole rings is 1. The van der Waals surface area contributed by atoms with Crippen molar-refractivity contribution in [1.82, 2.24) is 19.1 Å². The predicted octanol–water partition coefficient (Wildman–Crippen LogP) is -0.572. The van der Waals surface area contributed by atoms with Crippen LogP contribution in [0.5, 0.6) is 5.75 Å². The van der Waals surface area contributed by atoms with Gasteiger partial charge in [-0.1, -0.05) is 12.1 Å². The van der Waals surface area contributed by atoms with E-state index >= 15 is 0 Å². The Morgan fingerprint density at radius 2 is 2.10 bits per heavy atom. The number of nitrogens with two attached hydrogens (primary N) is 1. The van der Waals surface area contributed by atoms with Crippen molar-refractivity contribution in [2.75, 3.05) is 19.5 Å². The predicted molar refractivity (Wildman–Crippen MR) is 111 cm³/mol. The molecule has 0 amide bonds. The fourth-order valence-electron chi connectivity index (χ4n) is 3.76. The van der Waals surface area contributed by atoms with Crippen LogP contribution in [0.4, 0.5) is 5.95 Å². The number of ether oxygens (including phenoxy) is 2. The molecule has 3 aromatic rings. The number of methoxy groups -OCH3 is 1. The molecule has 0 unspecified atom stereocenters. The minimum absolute atomic E-state index is 0.0439. The van der Waals surface area contributed by atoms with Crippen molar-refractivity contribution in [3.05, 3.63) is 46.5 Å². The maximum Gasteiger partial charge on any atom is 0.283 e. The molecule has 1 aliphatic rings. The van der Waals surface area contributed by atoms with Crippen molar-refractivity contribution in [3.8, 4) is 5.75 Å². The lowest BCUT2D eigenvalue weighted by Crippen LogP contribution is -2.31. The highest BCUT2D eigenvalue weighted by molar-refractivity contribution is 5.71. The second kappa shape index (κ2) is 8.63. The van der Waals surface area contributed by atoms with Crippen molar-refractivity contribution in [2.24, 2.45) is 0 Å². The molecule has 2 aromatic heterocycles. The van der Waals surface area contributed by atoms with E-state index in [2.05, 4.69) is 9.97 Å². The molecule has 0 bridgehead atoms. The first kappa shape index (κ1) is 21.2. The molecule has 1 aromatic carbocycles. The van der Waals surface area contributed by atoms with Gasteiger partial charge in [-0.05, 0) is 17.7 Å². The Labute approximate surface area is 177 Å². The van der Waals surface area contributed by atoms with Gasteiger partial charge in [0, 0.05) is 12.8 Å². The van der Waals surface area contributed by atoms with Gasteiger partial charge in [0.1, 0.15) is 18.1 Å². The van der Waals surface area contributed by atoms with Gasteiger partial charge in [-0.15, -0.1) is 0 Å². The van der Waals surface area contributed by atoms with Gasteiger partial charge in [0.05, 0.1) is 38.8 Å². The Balaban J connectivity index is 1.56. The highest BCUT2D eigenvalue weighted by Crippen LogP contribution is 2.30. The lowest BCUT2D eigenvalue weighted by atomic mass is 10.1. The molecule has 1 aliphatic heterocycles. The summed E-state index contributed by atoms with van der Waals surface area (Å²) < 4.78 is 13.4. The first-order chi connectivity index (χ1) is 14.9. The van der Waals surface area contributed by atoms with Gasteiger partial charge >= 0.3 is 0 Å². The smallest absolute Gasteiger partial charge is 0.283 e. The third kappa shape index (κ3) is 4.12. The molecule has 11 nitrogen and oxygen atoms in total. The van der Waals surface area contributed by atoms with Crippen molar-refractivity contribution in [3.63, 3.8) is 0 Å². The molecule has 4 rings (SSSR count). The van der Waals surface area contributed by atoms with Crippen LogP contribution in [-0.2, 0) is 17.7 Å². The molecule has 166 valence electrons. The zero-order chi connectivity index (χ0) is 22.1. The van der Waals surface area contributed by atoms with E-state index in [1.54, 1.807) is 19.2 Å². The molecule has 31 heavy (non-hydrogen) atoms. The second-order valence-electron chi connectivity index (χ2n) is 7.53. The van der Waals surface area contributed by atoms with Crippen LogP contribution in [0.25, 0.3) is 11.2 Å². The molecule has 11 heteroatoms. The van der Waals surface area contributed by atoms with E-state index in [9.17, 15) is 20.1 Å². The fraction of sp³-hybridized carbons (Fsp3) is 0.450. The highest BCUT2D eigenvalue weighted by Gasteiger charge is 2.35. The highest BCUT2D eigenvalue weighted by atomic mass is 16.5. The maximum atomic E-state index is 12.9. The molecule has 0 radical (unpaired) electrons. The minimum atomic E-state index is -0.867. The van der Waals surface area contributed by atoms with Crippen LogP contribution in [0, 0.1) is 0 Å². The van der Waals surface area contributed by atoms with E-state index in [0.29, 0.717) is 12.2 Å². The summed E-state index contributed by atoms with van der Waals surface area (Å²) in [4.78, 5) is 21.4. The summed E-state index contributed by atoms with van der Waals surface area (Å²) in [7, 11) is 1.58. The summed E-state index contributed by atoms with van der Waals surface area (Å²) in [5.74, 6) is 0.651. The third-order valence-electron chi connectivity index (χ3n) is 5.43. The molecule has 3 heterocycles. The van der Waals surface area contributed by atoms with E-state index in [0.717, 1.165) is 5.56 Å². The van der Waals surface area contributed by atoms with Crippen molar-refractivity contribution in [2.45, 2.75) is 43.9 Å². The summed E-state index contributed by atoms with van der Waals surface area (Å²) in [6, 6.07) is 7.28. The van der Waals surface area contributed by atoms with Crippen molar-refractivity contribution >= 4 is 17.1 Å². The molecule has 1 saturated heterocycles. The Bertz CT molecular complexity index is 1110. The zero-order valence-corrected chi connectivity index (χ0v) is 17.0. The number of nitrogen functional groups attached to an aromatic ring is 1. The van der Waals surface area contributed by atoms with Gasteiger partial charge in [0.25, 0.3) is 5.56 Å². The lowest BCUT2D eigenvalue weighted by molar-refractivity contribution is -0.0432. The monoisotopic (exact) mass is 431 g/mol. The molecule has 0 aliphatic carbocycles. The van der Waals surface area contributed by atoms with Gasteiger partial charge in [-0.3, -0.25) is 13.9 Å². The van der Waals surface area contributed by atoms with Crippen LogP contribution in [-0.4, -0.2) is 66.5 Å². The molecular formula is C20H25N5O6. The number of nitrogens with zero attached hydrogens (tertiary/aromatic N) is 4. The van der Waals surface area contributed by atoms with E-state index in [4.69, 9.17) is 15.2 Å². The van der Waals surface area contributed by atoms with Crippen LogP contribution in [0.1, 0.15) is 18.2 Å². The molecule has 5 N–H and O–H groups in total. The van der Waals surface area contributed by atoms with Crippen molar-refractivity contribution < 1.29 is 24.8 Å². The standard InChI is InChI=1S/C20H25N5O6/c1-30-13-4-2-11(3-5-13)6-12(27)8-24-19(29)17-18(23-20(24)21)25(10-22-17)16-7-14(28)15(9-26)31-16/h2-5,10,12,14-16,26-28H,6-9H2,1H3,(H2,21,23)/t12-,14+,15+,16+/m1/s1. The van der Waals surface area contributed by atoms with Gasteiger partial charge in [-0.25, -0.2) is 4.98 Å². The Morgan fingerprint density at radius 3 is 2.74 bits per heavy atom.